The molecule has 0 spiro atoms. The van der Waals surface area contributed by atoms with E-state index in [1.807, 2.05) is 12.1 Å². The molecule has 0 heterocycles. The summed E-state index contributed by atoms with van der Waals surface area (Å²) in [5.74, 6) is 1.11. The van der Waals surface area contributed by atoms with Gasteiger partial charge in [-0.25, -0.2) is 5.48 Å². The van der Waals surface area contributed by atoms with Crippen molar-refractivity contribution in [3.63, 3.8) is 0 Å². The summed E-state index contributed by atoms with van der Waals surface area (Å²) >= 11 is 0. The quantitative estimate of drug-likeness (QED) is 0.757. The summed E-state index contributed by atoms with van der Waals surface area (Å²) in [6, 6.07) is 8.07. The Labute approximate surface area is 108 Å². The Hall–Kier alpha value is -1.55. The fourth-order valence-electron chi connectivity index (χ4n) is 1.57. The average Bonchev–Trinajstić information content (AvgIpc) is 2.36. The van der Waals surface area contributed by atoms with Crippen LogP contribution < -0.4 is 10.2 Å². The molecular formula is C14H21NO3. The molecule has 1 rings (SSSR count). The maximum atomic E-state index is 10.6. The molecule has 0 aliphatic heterocycles. The van der Waals surface area contributed by atoms with Crippen molar-refractivity contribution in [1.82, 2.24) is 5.48 Å². The van der Waals surface area contributed by atoms with Crippen molar-refractivity contribution in [3.8, 4) is 5.75 Å². The third kappa shape index (κ3) is 5.68. The standard InChI is InChI=1S/C14H21NO3/c1-11(10-18-15-12(2)16)4-5-13-6-8-14(17-3)9-7-13/h6-9,11H,4-5,10H2,1-3H3,(H,15,16). The van der Waals surface area contributed by atoms with Crippen molar-refractivity contribution in [2.75, 3.05) is 13.7 Å². The van der Waals surface area contributed by atoms with E-state index in [0.717, 1.165) is 18.6 Å². The summed E-state index contributed by atoms with van der Waals surface area (Å²) in [6.45, 7) is 4.07. The topological polar surface area (TPSA) is 47.6 Å². The van der Waals surface area contributed by atoms with Crippen LogP contribution in [0.25, 0.3) is 0 Å². The monoisotopic (exact) mass is 251 g/mol. The number of amides is 1. The molecule has 1 aromatic rings. The lowest BCUT2D eigenvalue weighted by Gasteiger charge is -2.11. The minimum atomic E-state index is -0.169. The first-order valence-corrected chi connectivity index (χ1v) is 6.13. The van der Waals surface area contributed by atoms with Crippen LogP contribution in [-0.4, -0.2) is 19.6 Å². The van der Waals surface area contributed by atoms with Gasteiger partial charge in [-0.05, 0) is 36.5 Å². The third-order valence-electron chi connectivity index (χ3n) is 2.67. The number of rotatable bonds is 7. The van der Waals surface area contributed by atoms with Gasteiger partial charge in [-0.2, -0.15) is 0 Å². The molecule has 18 heavy (non-hydrogen) atoms. The van der Waals surface area contributed by atoms with Gasteiger partial charge in [0.15, 0.2) is 0 Å². The fourth-order valence-corrected chi connectivity index (χ4v) is 1.57. The normalized spacial score (nSPS) is 11.9. The number of aryl methyl sites for hydroxylation is 1. The number of methoxy groups -OCH3 is 1. The molecule has 0 saturated heterocycles. The van der Waals surface area contributed by atoms with E-state index in [0.29, 0.717) is 12.5 Å². The molecule has 0 saturated carbocycles. The van der Waals surface area contributed by atoms with Crippen LogP contribution >= 0.6 is 0 Å². The Morgan fingerprint density at radius 2 is 2.00 bits per heavy atom. The van der Waals surface area contributed by atoms with Gasteiger partial charge >= 0.3 is 0 Å². The lowest BCUT2D eigenvalue weighted by atomic mass is 10.0. The number of hydrogen-bond acceptors (Lipinski definition) is 3. The zero-order chi connectivity index (χ0) is 13.4. The van der Waals surface area contributed by atoms with Crippen molar-refractivity contribution < 1.29 is 14.4 Å². The molecule has 1 unspecified atom stereocenters. The highest BCUT2D eigenvalue weighted by molar-refractivity contribution is 5.71. The van der Waals surface area contributed by atoms with Crippen molar-refractivity contribution in [2.24, 2.45) is 5.92 Å². The maximum absolute atomic E-state index is 10.6. The van der Waals surface area contributed by atoms with Crippen LogP contribution in [0.1, 0.15) is 25.8 Å². The second-order valence-electron chi connectivity index (χ2n) is 4.46. The van der Waals surface area contributed by atoms with Gasteiger partial charge in [0, 0.05) is 6.92 Å². The van der Waals surface area contributed by atoms with Gasteiger partial charge < -0.3 is 4.74 Å². The molecular weight excluding hydrogens is 230 g/mol. The van der Waals surface area contributed by atoms with Crippen molar-refractivity contribution in [2.45, 2.75) is 26.7 Å². The van der Waals surface area contributed by atoms with Gasteiger partial charge in [0.25, 0.3) is 0 Å². The minimum absolute atomic E-state index is 0.169. The molecule has 0 bridgehead atoms. The van der Waals surface area contributed by atoms with Crippen molar-refractivity contribution in [1.29, 1.82) is 0 Å². The van der Waals surface area contributed by atoms with Crippen LogP contribution in [0.4, 0.5) is 0 Å². The predicted octanol–water partition coefficient (Wildman–Crippen LogP) is 2.33. The summed E-state index contributed by atoms with van der Waals surface area (Å²) in [7, 11) is 1.66. The number of ether oxygens (including phenoxy) is 1. The molecule has 0 aromatic heterocycles. The first-order chi connectivity index (χ1) is 8.61. The highest BCUT2D eigenvalue weighted by atomic mass is 16.6. The van der Waals surface area contributed by atoms with Crippen LogP contribution in [0, 0.1) is 5.92 Å². The number of carbonyl (C=O) groups excluding carboxylic acids is 1. The summed E-state index contributed by atoms with van der Waals surface area (Å²) in [4.78, 5) is 15.7. The summed E-state index contributed by atoms with van der Waals surface area (Å²) in [6.07, 6.45) is 2.01. The molecule has 1 atom stereocenters. The first kappa shape index (κ1) is 14.5. The van der Waals surface area contributed by atoms with E-state index in [4.69, 9.17) is 9.57 Å². The van der Waals surface area contributed by atoms with Crippen molar-refractivity contribution in [3.05, 3.63) is 29.8 Å². The Balaban J connectivity index is 2.24. The molecule has 1 N–H and O–H groups in total. The fraction of sp³-hybridized carbons (Fsp3) is 0.500. The first-order valence-electron chi connectivity index (χ1n) is 6.13. The molecule has 100 valence electrons. The van der Waals surface area contributed by atoms with Gasteiger partial charge in [-0.1, -0.05) is 19.1 Å². The van der Waals surface area contributed by atoms with E-state index in [9.17, 15) is 4.79 Å². The van der Waals surface area contributed by atoms with Crippen molar-refractivity contribution >= 4 is 5.91 Å². The number of hydroxylamine groups is 1. The Kier molecular flexibility index (Phi) is 6.22. The Morgan fingerprint density at radius 1 is 1.33 bits per heavy atom. The zero-order valence-corrected chi connectivity index (χ0v) is 11.2. The van der Waals surface area contributed by atoms with Gasteiger partial charge in [0.1, 0.15) is 5.75 Å². The highest BCUT2D eigenvalue weighted by Crippen LogP contribution is 2.14. The van der Waals surface area contributed by atoms with Crippen LogP contribution in [0.15, 0.2) is 24.3 Å². The summed E-state index contributed by atoms with van der Waals surface area (Å²) in [5.41, 5.74) is 3.61. The maximum Gasteiger partial charge on any atom is 0.240 e. The van der Waals surface area contributed by atoms with Gasteiger partial charge in [0.05, 0.1) is 13.7 Å². The van der Waals surface area contributed by atoms with Gasteiger partial charge in [-0.15, -0.1) is 0 Å². The van der Waals surface area contributed by atoms with Crippen LogP contribution in [-0.2, 0) is 16.1 Å². The van der Waals surface area contributed by atoms with E-state index < -0.39 is 0 Å². The molecule has 0 fully saturated rings. The second kappa shape index (κ2) is 7.71. The van der Waals surface area contributed by atoms with E-state index >= 15 is 0 Å². The highest BCUT2D eigenvalue weighted by Gasteiger charge is 2.04. The SMILES string of the molecule is COc1ccc(CCC(C)CONC(C)=O)cc1. The van der Waals surface area contributed by atoms with E-state index in [2.05, 4.69) is 24.5 Å². The molecule has 4 nitrogen and oxygen atoms in total. The van der Waals surface area contributed by atoms with Crippen LogP contribution in [0.2, 0.25) is 0 Å². The number of nitrogens with one attached hydrogen (secondary N) is 1. The lowest BCUT2D eigenvalue weighted by Crippen LogP contribution is -2.23. The third-order valence-corrected chi connectivity index (χ3v) is 2.67. The predicted molar refractivity (Wildman–Crippen MR) is 70.2 cm³/mol. The molecule has 1 aromatic carbocycles. The minimum Gasteiger partial charge on any atom is -0.497 e. The van der Waals surface area contributed by atoms with E-state index in [1.54, 1.807) is 7.11 Å². The number of carbonyl (C=O) groups is 1. The van der Waals surface area contributed by atoms with Crippen LogP contribution in [0.3, 0.4) is 0 Å². The van der Waals surface area contributed by atoms with Gasteiger partial charge in [-0.3, -0.25) is 9.63 Å². The zero-order valence-electron chi connectivity index (χ0n) is 11.2. The lowest BCUT2D eigenvalue weighted by molar-refractivity contribution is -0.132. The second-order valence-corrected chi connectivity index (χ2v) is 4.46. The Morgan fingerprint density at radius 3 is 2.56 bits per heavy atom. The van der Waals surface area contributed by atoms with E-state index in [-0.39, 0.29) is 5.91 Å². The number of hydrogen-bond donors (Lipinski definition) is 1. The van der Waals surface area contributed by atoms with Gasteiger partial charge in [0.2, 0.25) is 5.91 Å². The van der Waals surface area contributed by atoms with Crippen LogP contribution in [0.5, 0.6) is 5.75 Å². The molecule has 0 aliphatic rings. The summed E-state index contributed by atoms with van der Waals surface area (Å²) in [5, 5.41) is 0. The smallest absolute Gasteiger partial charge is 0.240 e. The average molecular weight is 251 g/mol. The molecule has 0 aliphatic carbocycles. The Bertz CT molecular complexity index is 362. The molecule has 0 radical (unpaired) electrons. The molecule has 1 amide bonds. The van der Waals surface area contributed by atoms with E-state index in [1.165, 1.54) is 12.5 Å². The summed E-state index contributed by atoms with van der Waals surface area (Å²) < 4.78 is 5.11. The largest absolute Gasteiger partial charge is 0.497 e. The molecule has 4 heteroatoms. The number of benzene rings is 1.